The molecule has 4 heterocycles. The molecule has 0 unspecified atom stereocenters. The second kappa shape index (κ2) is 12.0. The van der Waals surface area contributed by atoms with Gasteiger partial charge in [-0.2, -0.15) is 9.19 Å². The van der Waals surface area contributed by atoms with Crippen molar-refractivity contribution in [3.05, 3.63) is 42.5 Å². The zero-order valence-electron chi connectivity index (χ0n) is 24.8. The lowest BCUT2D eigenvalue weighted by Gasteiger charge is -2.39. The Hall–Kier alpha value is -3.72. The van der Waals surface area contributed by atoms with Crippen LogP contribution in [0.1, 0.15) is 48.9 Å². The second-order valence-electron chi connectivity index (χ2n) is 12.4. The van der Waals surface area contributed by atoms with E-state index in [4.69, 9.17) is 0 Å². The van der Waals surface area contributed by atoms with Crippen LogP contribution in [0.5, 0.6) is 0 Å². The topological polar surface area (TPSA) is 138 Å². The molecule has 3 aliphatic rings. The number of alkyl halides is 2. The maximum atomic E-state index is 13.5. The van der Waals surface area contributed by atoms with Crippen molar-refractivity contribution >= 4 is 33.3 Å². The highest BCUT2D eigenvalue weighted by Gasteiger charge is 2.47. The summed E-state index contributed by atoms with van der Waals surface area (Å²) in [7, 11) is 0.666. The number of hydrogen-bond donors (Lipinski definition) is 2. The molecule has 3 aromatic heterocycles. The fraction of sp³-hybridized carbons (Fsp3) is 0.552. The molecule has 236 valence electrons. The maximum absolute atomic E-state index is 13.5. The van der Waals surface area contributed by atoms with E-state index >= 15 is 0 Å². The molecular formula is C29H37F2N9O3S. The van der Waals surface area contributed by atoms with E-state index in [2.05, 4.69) is 49.7 Å². The number of nitrogens with one attached hydrogen (secondary N) is 2. The van der Waals surface area contributed by atoms with E-state index in [-0.39, 0.29) is 11.4 Å². The van der Waals surface area contributed by atoms with Crippen molar-refractivity contribution in [1.82, 2.24) is 33.9 Å². The number of halogens is 2. The van der Waals surface area contributed by atoms with Gasteiger partial charge in [0.25, 0.3) is 21.9 Å². The van der Waals surface area contributed by atoms with Gasteiger partial charge in [0.15, 0.2) is 5.82 Å². The number of rotatable bonds is 11. The molecule has 1 amide bonds. The van der Waals surface area contributed by atoms with Gasteiger partial charge in [-0.15, -0.1) is 0 Å². The lowest BCUT2D eigenvalue weighted by Crippen LogP contribution is -2.58. The number of carbonyl (C=O) groups is 1. The summed E-state index contributed by atoms with van der Waals surface area (Å²) in [6.07, 6.45) is 11.4. The summed E-state index contributed by atoms with van der Waals surface area (Å²) >= 11 is 0. The van der Waals surface area contributed by atoms with Gasteiger partial charge < -0.3 is 20.4 Å². The number of aromatic nitrogens is 5. The molecule has 2 saturated carbocycles. The van der Waals surface area contributed by atoms with Crippen LogP contribution < -0.4 is 10.6 Å². The molecule has 0 atom stereocenters. The zero-order valence-corrected chi connectivity index (χ0v) is 25.6. The van der Waals surface area contributed by atoms with Gasteiger partial charge >= 0.3 is 0 Å². The van der Waals surface area contributed by atoms with E-state index in [0.717, 1.165) is 41.2 Å². The van der Waals surface area contributed by atoms with Gasteiger partial charge in [-0.1, -0.05) is 0 Å². The third-order valence-corrected chi connectivity index (χ3v) is 10.4. The molecule has 0 radical (unpaired) electrons. The molecule has 1 aliphatic heterocycles. The predicted molar refractivity (Wildman–Crippen MR) is 161 cm³/mol. The quantitative estimate of drug-likeness (QED) is 0.323. The standard InChI is InChI=1S/C29H37F2N9O3S/c1-38(2)15-20-5-3-19(4-6-20)12-33-24-11-26(34-14-23(24)28(41)39-17-29(30,31)18-39)36-25-9-10-32-27(37-25)21-13-35-40(16-21)44(42,43)22-7-8-22/h9-11,13-14,16,19-20,22H,3-8,12,15,17-18H2,1-2H3,(H2,32,33,34,36,37). The Labute approximate surface area is 255 Å². The van der Waals surface area contributed by atoms with Gasteiger partial charge in [-0.3, -0.25) is 4.79 Å². The monoisotopic (exact) mass is 629 g/mol. The van der Waals surface area contributed by atoms with E-state index in [1.54, 1.807) is 12.1 Å². The summed E-state index contributed by atoms with van der Waals surface area (Å²) in [6.45, 7) is 0.512. The summed E-state index contributed by atoms with van der Waals surface area (Å²) in [4.78, 5) is 29.6. The largest absolute Gasteiger partial charge is 0.384 e. The van der Waals surface area contributed by atoms with Gasteiger partial charge in [0.1, 0.15) is 11.6 Å². The van der Waals surface area contributed by atoms with E-state index < -0.39 is 40.2 Å². The minimum absolute atomic E-state index is 0.236. The minimum atomic E-state index is -3.52. The summed E-state index contributed by atoms with van der Waals surface area (Å²) in [5.74, 6) is -1.18. The van der Waals surface area contributed by atoms with Crippen molar-refractivity contribution in [1.29, 1.82) is 0 Å². The average molecular weight is 630 g/mol. The van der Waals surface area contributed by atoms with Crippen molar-refractivity contribution in [3.8, 4) is 11.4 Å². The Balaban J connectivity index is 1.17. The molecule has 1 saturated heterocycles. The number of pyridine rings is 1. The third kappa shape index (κ3) is 6.83. The Morgan fingerprint density at radius 3 is 2.45 bits per heavy atom. The number of amides is 1. The highest BCUT2D eigenvalue weighted by atomic mass is 32.2. The van der Waals surface area contributed by atoms with E-state index in [9.17, 15) is 22.0 Å². The van der Waals surface area contributed by atoms with Crippen LogP contribution in [0, 0.1) is 11.8 Å². The molecular weight excluding hydrogens is 592 g/mol. The van der Waals surface area contributed by atoms with Crippen LogP contribution in [0.3, 0.4) is 0 Å². The fourth-order valence-electron chi connectivity index (χ4n) is 5.83. The lowest BCUT2D eigenvalue weighted by atomic mass is 9.82. The molecule has 0 spiro atoms. The minimum Gasteiger partial charge on any atom is -0.384 e. The van der Waals surface area contributed by atoms with E-state index in [1.807, 2.05) is 0 Å². The number of likely N-dealkylation sites (tertiary alicyclic amines) is 1. The summed E-state index contributed by atoms with van der Waals surface area (Å²) in [6, 6.07) is 3.32. The van der Waals surface area contributed by atoms with Gasteiger partial charge in [0.2, 0.25) is 0 Å². The highest BCUT2D eigenvalue weighted by molar-refractivity contribution is 7.90. The van der Waals surface area contributed by atoms with Crippen molar-refractivity contribution < 1.29 is 22.0 Å². The van der Waals surface area contributed by atoms with Crippen LogP contribution in [-0.4, -0.2) is 99.7 Å². The Kier molecular flexibility index (Phi) is 8.26. The first-order chi connectivity index (χ1) is 21.0. The van der Waals surface area contributed by atoms with Gasteiger partial charge in [-0.05, 0) is 70.5 Å². The highest BCUT2D eigenvalue weighted by Crippen LogP contribution is 2.33. The van der Waals surface area contributed by atoms with E-state index in [0.29, 0.717) is 54.1 Å². The number of anilines is 3. The molecule has 0 aromatic carbocycles. The molecule has 12 nitrogen and oxygen atoms in total. The number of nitrogens with zero attached hydrogens (tertiary/aromatic N) is 7. The van der Waals surface area contributed by atoms with Crippen LogP contribution >= 0.6 is 0 Å². The predicted octanol–water partition coefficient (Wildman–Crippen LogP) is 3.69. The maximum Gasteiger partial charge on any atom is 0.282 e. The van der Waals surface area contributed by atoms with Crippen molar-refractivity contribution in [2.24, 2.45) is 11.8 Å². The summed E-state index contributed by atoms with van der Waals surface area (Å²) in [5, 5.41) is 10.1. The molecule has 15 heteroatoms. The normalized spacial score (nSPS) is 21.6. The molecule has 2 N–H and O–H groups in total. The van der Waals surface area contributed by atoms with Crippen LogP contribution in [0.15, 0.2) is 36.9 Å². The Morgan fingerprint density at radius 2 is 1.77 bits per heavy atom. The first-order valence-electron chi connectivity index (χ1n) is 14.9. The number of hydrogen-bond acceptors (Lipinski definition) is 10. The van der Waals surface area contributed by atoms with Crippen molar-refractivity contribution in [3.63, 3.8) is 0 Å². The molecule has 3 aromatic rings. The SMILES string of the molecule is CN(C)CC1CCC(CNc2cc(Nc3ccnc(-c4cnn(S(=O)(=O)C5CC5)c4)n3)ncc2C(=O)N2CC(F)(F)C2)CC1. The smallest absolute Gasteiger partial charge is 0.282 e. The van der Waals surface area contributed by atoms with Gasteiger partial charge in [0, 0.05) is 31.5 Å². The molecule has 0 bridgehead atoms. The summed E-state index contributed by atoms with van der Waals surface area (Å²) < 4.78 is 53.1. The van der Waals surface area contributed by atoms with Gasteiger partial charge in [0.05, 0.1) is 47.5 Å². The van der Waals surface area contributed by atoms with E-state index in [1.165, 1.54) is 24.8 Å². The van der Waals surface area contributed by atoms with Crippen molar-refractivity contribution in [2.75, 3.05) is 50.9 Å². The molecule has 6 rings (SSSR count). The fourth-order valence-corrected chi connectivity index (χ4v) is 7.31. The van der Waals surface area contributed by atoms with Gasteiger partial charge in [-0.25, -0.2) is 32.2 Å². The second-order valence-corrected chi connectivity index (χ2v) is 14.5. The van der Waals surface area contributed by atoms with Crippen LogP contribution in [0.4, 0.5) is 26.1 Å². The Morgan fingerprint density at radius 1 is 1.05 bits per heavy atom. The zero-order chi connectivity index (χ0) is 31.1. The van der Waals surface area contributed by atoms with Crippen LogP contribution in [-0.2, 0) is 10.0 Å². The number of carbonyl (C=O) groups excluding carboxylic acids is 1. The van der Waals surface area contributed by atoms with Crippen LogP contribution in [0.25, 0.3) is 11.4 Å². The first kappa shape index (κ1) is 30.3. The Bertz CT molecular complexity index is 1610. The van der Waals surface area contributed by atoms with Crippen LogP contribution in [0.2, 0.25) is 0 Å². The molecule has 3 fully saturated rings. The molecule has 44 heavy (non-hydrogen) atoms. The first-order valence-corrected chi connectivity index (χ1v) is 16.4. The van der Waals surface area contributed by atoms with Crippen molar-refractivity contribution in [2.45, 2.75) is 49.7 Å². The summed E-state index contributed by atoms with van der Waals surface area (Å²) in [5.41, 5.74) is 1.19. The lowest BCUT2D eigenvalue weighted by molar-refractivity contribution is -0.113. The average Bonchev–Trinajstić information content (AvgIpc) is 3.72. The molecule has 2 aliphatic carbocycles. The third-order valence-electron chi connectivity index (χ3n) is 8.37.